The Morgan fingerprint density at radius 1 is 0.136 bits per heavy atom. The molecule has 0 heteroatoms. The highest BCUT2D eigenvalue weighted by molar-refractivity contribution is 5.55. The van der Waals surface area contributed by atoms with Gasteiger partial charge in [0.15, 0.2) is 0 Å². The van der Waals surface area contributed by atoms with Gasteiger partial charge in [0.1, 0.15) is 0 Å². The zero-order chi connectivity index (χ0) is 91.2. The maximum Gasteiger partial charge on any atom is -0.0162 e. The van der Waals surface area contributed by atoms with Crippen LogP contribution in [-0.2, 0) is 77.0 Å². The number of benzene rings is 7. The third-order valence-corrected chi connectivity index (χ3v) is 36.3. The summed E-state index contributed by atoms with van der Waals surface area (Å²) in [4.78, 5) is 0. The van der Waals surface area contributed by atoms with E-state index in [0.717, 1.165) is 113 Å². The van der Waals surface area contributed by atoms with Gasteiger partial charge in [-0.2, -0.15) is 0 Å². The van der Waals surface area contributed by atoms with Gasteiger partial charge in [-0.3, -0.25) is 0 Å². The first-order valence-electron chi connectivity index (χ1n) is 58.9. The summed E-state index contributed by atoms with van der Waals surface area (Å²) in [6.07, 6.45) is 97.7. The predicted octanol–water partition coefficient (Wildman–Crippen LogP) is 40.2. The molecule has 726 valence electrons. The highest BCUT2D eigenvalue weighted by Crippen LogP contribution is 2.47. The van der Waals surface area contributed by atoms with Crippen molar-refractivity contribution in [2.75, 3.05) is 0 Å². The van der Waals surface area contributed by atoms with Gasteiger partial charge in [0.05, 0.1) is 0 Å². The van der Waals surface area contributed by atoms with Crippen LogP contribution in [0.1, 0.15) is 562 Å². The van der Waals surface area contributed by atoms with Crippen molar-refractivity contribution in [1.29, 1.82) is 0 Å². The smallest absolute Gasteiger partial charge is 0.0162 e. The maximum absolute atomic E-state index is 2.62. The van der Waals surface area contributed by atoms with Gasteiger partial charge in [-0.25, -0.2) is 0 Å². The molecule has 0 saturated heterocycles. The molecule has 6 aliphatic rings. The normalized spacial score (nSPS) is 22.6. The number of aryl methyl sites for hydroxylation is 6. The molecule has 6 saturated carbocycles. The van der Waals surface area contributed by atoms with Crippen molar-refractivity contribution in [2.45, 2.75) is 539 Å². The van der Waals surface area contributed by atoms with E-state index in [1.165, 1.54) is 419 Å². The van der Waals surface area contributed by atoms with Crippen LogP contribution in [-0.4, -0.2) is 0 Å². The average molecular weight is 1790 g/mol. The van der Waals surface area contributed by atoms with E-state index in [9.17, 15) is 0 Å². The lowest BCUT2D eigenvalue weighted by Gasteiger charge is -2.30. The number of hydrogen-bond acceptors (Lipinski definition) is 0. The fourth-order valence-corrected chi connectivity index (χ4v) is 27.2. The molecule has 0 unspecified atom stereocenters. The maximum atomic E-state index is 2.62. The van der Waals surface area contributed by atoms with E-state index in [1.54, 1.807) is 66.8 Å². The van der Waals surface area contributed by atoms with Crippen molar-refractivity contribution >= 4 is 0 Å². The number of unbranched alkanes of at least 4 members (excludes halogenated alkanes) is 24. The molecule has 0 heterocycles. The summed E-state index contributed by atoms with van der Waals surface area (Å²) in [5.41, 5.74) is 29.4. The van der Waals surface area contributed by atoms with E-state index in [4.69, 9.17) is 0 Å². The van der Waals surface area contributed by atoms with Crippen LogP contribution in [0.3, 0.4) is 0 Å². The van der Waals surface area contributed by atoms with Crippen molar-refractivity contribution in [3.05, 3.63) is 246 Å². The van der Waals surface area contributed by atoms with Gasteiger partial charge in [0.2, 0.25) is 0 Å². The van der Waals surface area contributed by atoms with Crippen LogP contribution in [0.4, 0.5) is 0 Å². The van der Waals surface area contributed by atoms with Gasteiger partial charge in [-0.05, 0) is 402 Å². The van der Waals surface area contributed by atoms with Crippen LogP contribution in [0.2, 0.25) is 0 Å². The first kappa shape index (κ1) is 104. The molecule has 0 amide bonds. The predicted molar refractivity (Wildman–Crippen MR) is 578 cm³/mol. The Labute approximate surface area is 815 Å². The Kier molecular flexibility index (Phi) is 47.0. The molecular formula is C132H198. The van der Waals surface area contributed by atoms with E-state index in [0.29, 0.717) is 35.5 Å². The molecule has 0 atom stereocenters. The number of rotatable bonds is 60. The molecule has 132 heavy (non-hydrogen) atoms. The Balaban J connectivity index is 0.870. The quantitative estimate of drug-likeness (QED) is 0.0333. The molecule has 0 radical (unpaired) electrons. The summed E-state index contributed by atoms with van der Waals surface area (Å²) in [5, 5.41) is 0. The fraction of sp³-hybridized carbons (Fsp3) is 0.682. The van der Waals surface area contributed by atoms with Crippen LogP contribution in [0.5, 0.6) is 0 Å². The molecule has 6 aliphatic carbocycles. The summed E-state index contributed by atoms with van der Waals surface area (Å²) in [7, 11) is 0. The molecule has 0 aliphatic heterocycles. The fourth-order valence-electron chi connectivity index (χ4n) is 27.2. The van der Waals surface area contributed by atoms with Crippen LogP contribution >= 0.6 is 0 Å². The molecule has 6 fully saturated rings. The monoisotopic (exact) mass is 1780 g/mol. The first-order valence-corrected chi connectivity index (χ1v) is 58.9. The summed E-state index contributed by atoms with van der Waals surface area (Å²) in [6, 6.07) is 62.9. The zero-order valence-corrected chi connectivity index (χ0v) is 86.7. The van der Waals surface area contributed by atoms with Gasteiger partial charge < -0.3 is 0 Å². The van der Waals surface area contributed by atoms with Crippen molar-refractivity contribution in [3.8, 4) is 0 Å². The summed E-state index contributed by atoms with van der Waals surface area (Å²) in [5.74, 6) is 9.85. The molecule has 7 aromatic carbocycles. The lowest BCUT2D eigenvalue weighted by Crippen LogP contribution is -2.18. The number of hydrogen-bond donors (Lipinski definition) is 0. The van der Waals surface area contributed by atoms with Gasteiger partial charge >= 0.3 is 0 Å². The van der Waals surface area contributed by atoms with Gasteiger partial charge in [0.25, 0.3) is 0 Å². The van der Waals surface area contributed by atoms with Crippen LogP contribution in [0.15, 0.2) is 146 Å². The standard InChI is InChI=1S/C132H198/c1-7-13-19-25-31-37-103-43-73-115(74-44-103)121-85-55-109(56-86-121)67-97-127-128(98-68-110-57-87-122(88-58-110)116-75-45-104(46-76-116)38-32-26-20-14-8-2)130(100-70-112-61-91-124(92-62-112)118-79-49-106(50-80-118)40-34-28-22-16-10-4)132(102-72-114-65-95-126(96-66-114)120-83-53-108(54-84-120)42-36-30-24-18-12-6)131(101-71-113-63-93-125(94-64-113)119-81-51-107(52-82-119)41-35-29-23-17-11-5)129(127)99-69-111-59-89-123(90-60-111)117-77-47-105(48-78-117)39-33-27-21-15-9-3/h55-66,85-96,103-108,115-120H,7-54,67-84,97-102H2,1-6H3. The van der Waals surface area contributed by atoms with E-state index in [1.807, 2.05) is 0 Å². The minimum Gasteiger partial charge on any atom is -0.0654 e. The highest BCUT2D eigenvalue weighted by atomic mass is 14.4. The van der Waals surface area contributed by atoms with E-state index in [-0.39, 0.29) is 0 Å². The lowest BCUT2D eigenvalue weighted by molar-refractivity contribution is 0.302. The second kappa shape index (κ2) is 59.7. The molecule has 0 bridgehead atoms. The molecule has 13 rings (SSSR count). The van der Waals surface area contributed by atoms with Gasteiger partial charge in [-0.15, -0.1) is 0 Å². The molecule has 7 aromatic rings. The third kappa shape index (κ3) is 34.6. The first-order chi connectivity index (χ1) is 65.2. The van der Waals surface area contributed by atoms with E-state index in [2.05, 4.69) is 187 Å². The van der Waals surface area contributed by atoms with Gasteiger partial charge in [0, 0.05) is 0 Å². The minimum atomic E-state index is 0.707. The molecule has 0 N–H and O–H groups in total. The highest BCUT2D eigenvalue weighted by Gasteiger charge is 2.31. The third-order valence-electron chi connectivity index (χ3n) is 36.3. The second-order valence-corrected chi connectivity index (χ2v) is 45.8. The van der Waals surface area contributed by atoms with Crippen molar-refractivity contribution in [3.63, 3.8) is 0 Å². The SMILES string of the molecule is CCCCCCCC1CCC(c2ccc(CCc3c(CCc4ccc(C5CCC(CCCCCCC)CC5)cc4)c(CCc4ccc(C5CCC(CCCCCCC)CC5)cc4)c(CCc4ccc(C5CCC(CCCCCCC)CC5)cc4)c(CCc4ccc(C5CCC(CCCCCCC)CC5)cc4)c3CCc3ccc(C4CCC(CCCCCCC)CC4)cc3)cc2)CC1. The van der Waals surface area contributed by atoms with Crippen LogP contribution in [0.25, 0.3) is 0 Å². The average Bonchev–Trinajstić information content (AvgIpc) is 0.758. The van der Waals surface area contributed by atoms with Crippen molar-refractivity contribution in [1.82, 2.24) is 0 Å². The van der Waals surface area contributed by atoms with Crippen LogP contribution < -0.4 is 0 Å². The van der Waals surface area contributed by atoms with E-state index >= 15 is 0 Å². The molecule has 0 spiro atoms. The van der Waals surface area contributed by atoms with Gasteiger partial charge in [-0.1, -0.05) is 418 Å². The van der Waals surface area contributed by atoms with Crippen molar-refractivity contribution < 1.29 is 0 Å². The second-order valence-electron chi connectivity index (χ2n) is 45.8. The minimum absolute atomic E-state index is 0.707. The van der Waals surface area contributed by atoms with Crippen molar-refractivity contribution in [2.24, 2.45) is 35.5 Å². The Morgan fingerprint density at radius 3 is 0.379 bits per heavy atom. The molecular weight excluding hydrogens is 1590 g/mol. The largest absolute Gasteiger partial charge is 0.0654 e. The summed E-state index contributed by atoms with van der Waals surface area (Å²) >= 11 is 0. The lowest BCUT2D eigenvalue weighted by atomic mass is 9.75. The Bertz CT molecular complexity index is 3410. The molecule has 0 nitrogen and oxygen atoms in total. The molecule has 0 aromatic heterocycles. The van der Waals surface area contributed by atoms with E-state index < -0.39 is 0 Å². The van der Waals surface area contributed by atoms with Crippen LogP contribution in [0, 0.1) is 35.5 Å². The Hall–Kier alpha value is -5.46. The Morgan fingerprint density at radius 2 is 0.258 bits per heavy atom. The topological polar surface area (TPSA) is 0 Å². The zero-order valence-electron chi connectivity index (χ0n) is 86.7. The summed E-state index contributed by atoms with van der Waals surface area (Å²) in [6.45, 7) is 14.2. The summed E-state index contributed by atoms with van der Waals surface area (Å²) < 4.78 is 0.